The van der Waals surface area contributed by atoms with Crippen molar-refractivity contribution in [3.63, 3.8) is 0 Å². The maximum Gasteiger partial charge on any atom is 0.170 e. The van der Waals surface area contributed by atoms with Gasteiger partial charge in [0.25, 0.3) is 0 Å². The molecule has 12 heavy (non-hydrogen) atoms. The van der Waals surface area contributed by atoms with Crippen LogP contribution in [0.2, 0.25) is 0 Å². The molecule has 1 aromatic carbocycles. The van der Waals surface area contributed by atoms with Crippen molar-refractivity contribution in [2.75, 3.05) is 0 Å². The van der Waals surface area contributed by atoms with Gasteiger partial charge in [0.05, 0.1) is 5.56 Å². The van der Waals surface area contributed by atoms with Crippen LogP contribution in [0.1, 0.15) is 16.8 Å². The lowest BCUT2D eigenvalue weighted by molar-refractivity contribution is 0.0993. The van der Waals surface area contributed by atoms with Crippen LogP contribution in [-0.4, -0.2) is 10.9 Å². The van der Waals surface area contributed by atoms with Crippen molar-refractivity contribution in [1.82, 2.24) is 0 Å². The number of carbonyl (C=O) groups is 1. The fourth-order valence-electron chi connectivity index (χ4n) is 0.950. The molecule has 0 aliphatic heterocycles. The molecular formula is C10H10O2. The lowest BCUT2D eigenvalue weighted by Gasteiger charge is -1.99. The Kier molecular flexibility index (Phi) is 2.64. The number of para-hydroxylation sites is 1. The SMILES string of the molecule is C=CCC(=O)c1ccccc1O. The Balaban J connectivity index is 2.94. The molecular weight excluding hydrogens is 152 g/mol. The van der Waals surface area contributed by atoms with E-state index in [9.17, 15) is 9.90 Å². The third kappa shape index (κ3) is 1.72. The van der Waals surface area contributed by atoms with Crippen LogP contribution < -0.4 is 0 Å². The zero-order chi connectivity index (χ0) is 8.97. The standard InChI is InChI=1S/C10H10O2/c1-2-5-9(11)8-6-3-4-7-10(8)12/h2-4,6-7,12H,1,5H2. The first-order valence-electron chi connectivity index (χ1n) is 3.68. The lowest BCUT2D eigenvalue weighted by Crippen LogP contribution is -1.96. The Hall–Kier alpha value is -1.57. The first kappa shape index (κ1) is 8.53. The number of hydrogen-bond donors (Lipinski definition) is 1. The second kappa shape index (κ2) is 3.72. The van der Waals surface area contributed by atoms with E-state index in [2.05, 4.69) is 6.58 Å². The minimum Gasteiger partial charge on any atom is -0.507 e. The second-order valence-corrected chi connectivity index (χ2v) is 2.43. The van der Waals surface area contributed by atoms with Gasteiger partial charge in [-0.3, -0.25) is 4.79 Å². The van der Waals surface area contributed by atoms with Crippen molar-refractivity contribution in [3.05, 3.63) is 42.5 Å². The molecule has 0 saturated heterocycles. The molecule has 0 spiro atoms. The Morgan fingerprint density at radius 3 is 2.75 bits per heavy atom. The summed E-state index contributed by atoms with van der Waals surface area (Å²) >= 11 is 0. The highest BCUT2D eigenvalue weighted by molar-refractivity contribution is 5.99. The van der Waals surface area contributed by atoms with Crippen molar-refractivity contribution in [3.8, 4) is 5.75 Å². The summed E-state index contributed by atoms with van der Waals surface area (Å²) in [7, 11) is 0. The zero-order valence-corrected chi connectivity index (χ0v) is 6.66. The molecule has 1 N–H and O–H groups in total. The van der Waals surface area contributed by atoms with Gasteiger partial charge in [-0.25, -0.2) is 0 Å². The third-order valence-electron chi connectivity index (χ3n) is 1.53. The Morgan fingerprint density at radius 2 is 2.17 bits per heavy atom. The summed E-state index contributed by atoms with van der Waals surface area (Å²) in [5, 5.41) is 9.25. The summed E-state index contributed by atoms with van der Waals surface area (Å²) in [6, 6.07) is 6.49. The highest BCUT2D eigenvalue weighted by Gasteiger charge is 2.06. The van der Waals surface area contributed by atoms with Gasteiger partial charge in [0.2, 0.25) is 0 Å². The van der Waals surface area contributed by atoms with Crippen LogP contribution in [0, 0.1) is 0 Å². The van der Waals surface area contributed by atoms with Gasteiger partial charge < -0.3 is 5.11 Å². The van der Waals surface area contributed by atoms with Crippen molar-refractivity contribution < 1.29 is 9.90 Å². The summed E-state index contributed by atoms with van der Waals surface area (Å²) in [6.45, 7) is 3.45. The zero-order valence-electron chi connectivity index (χ0n) is 6.66. The maximum absolute atomic E-state index is 11.2. The summed E-state index contributed by atoms with van der Waals surface area (Å²) in [5.41, 5.74) is 0.359. The Morgan fingerprint density at radius 1 is 1.50 bits per heavy atom. The van der Waals surface area contributed by atoms with Gasteiger partial charge >= 0.3 is 0 Å². The van der Waals surface area contributed by atoms with Crippen LogP contribution in [0.4, 0.5) is 0 Å². The Bertz CT molecular complexity index is 302. The van der Waals surface area contributed by atoms with Crippen molar-refractivity contribution in [2.24, 2.45) is 0 Å². The van der Waals surface area contributed by atoms with E-state index in [-0.39, 0.29) is 18.0 Å². The van der Waals surface area contributed by atoms with Crippen LogP contribution in [0.5, 0.6) is 5.75 Å². The predicted molar refractivity (Wildman–Crippen MR) is 47.3 cm³/mol. The first-order valence-corrected chi connectivity index (χ1v) is 3.68. The van der Waals surface area contributed by atoms with E-state index in [0.29, 0.717) is 5.56 Å². The van der Waals surface area contributed by atoms with Crippen molar-refractivity contribution in [2.45, 2.75) is 6.42 Å². The molecule has 0 aromatic heterocycles. The predicted octanol–water partition coefficient (Wildman–Crippen LogP) is 2.15. The quantitative estimate of drug-likeness (QED) is 0.546. The highest BCUT2D eigenvalue weighted by Crippen LogP contribution is 2.17. The van der Waals surface area contributed by atoms with Crippen molar-refractivity contribution >= 4 is 5.78 Å². The average molecular weight is 162 g/mol. The minimum atomic E-state index is -0.108. The van der Waals surface area contributed by atoms with Gasteiger partial charge in [-0.2, -0.15) is 0 Å². The van der Waals surface area contributed by atoms with Gasteiger partial charge in [-0.05, 0) is 12.1 Å². The van der Waals surface area contributed by atoms with Crippen LogP contribution in [0.3, 0.4) is 0 Å². The van der Waals surface area contributed by atoms with Gasteiger partial charge in [-0.15, -0.1) is 6.58 Å². The molecule has 0 bridgehead atoms. The van der Waals surface area contributed by atoms with Gasteiger partial charge in [0, 0.05) is 6.42 Å². The number of carbonyl (C=O) groups excluding carboxylic acids is 1. The lowest BCUT2D eigenvalue weighted by atomic mass is 10.1. The number of allylic oxidation sites excluding steroid dienone is 1. The van der Waals surface area contributed by atoms with E-state index < -0.39 is 0 Å². The van der Waals surface area contributed by atoms with E-state index in [1.54, 1.807) is 18.2 Å². The minimum absolute atomic E-state index is 0.0318. The molecule has 0 radical (unpaired) electrons. The molecule has 0 fully saturated rings. The molecule has 0 saturated carbocycles. The highest BCUT2D eigenvalue weighted by atomic mass is 16.3. The molecule has 0 atom stereocenters. The number of ketones is 1. The second-order valence-electron chi connectivity index (χ2n) is 2.43. The van der Waals surface area contributed by atoms with Crippen LogP contribution >= 0.6 is 0 Å². The van der Waals surface area contributed by atoms with Gasteiger partial charge in [0.1, 0.15) is 5.75 Å². The first-order chi connectivity index (χ1) is 5.75. The van der Waals surface area contributed by atoms with E-state index in [0.717, 1.165) is 0 Å². The van der Waals surface area contributed by atoms with Crippen LogP contribution in [0.15, 0.2) is 36.9 Å². The van der Waals surface area contributed by atoms with Crippen LogP contribution in [-0.2, 0) is 0 Å². The maximum atomic E-state index is 11.2. The van der Waals surface area contributed by atoms with Gasteiger partial charge in [-0.1, -0.05) is 18.2 Å². The largest absolute Gasteiger partial charge is 0.507 e. The van der Waals surface area contributed by atoms with E-state index in [1.165, 1.54) is 12.1 Å². The number of phenolic OH excluding ortho intramolecular Hbond substituents is 1. The monoisotopic (exact) mass is 162 g/mol. The number of benzene rings is 1. The summed E-state index contributed by atoms with van der Waals surface area (Å²) < 4.78 is 0. The summed E-state index contributed by atoms with van der Waals surface area (Å²) in [5.74, 6) is -0.0764. The number of rotatable bonds is 3. The fraction of sp³-hybridized carbons (Fsp3) is 0.100. The van der Waals surface area contributed by atoms with E-state index >= 15 is 0 Å². The number of Topliss-reactive ketones (excluding diaryl/α,β-unsaturated/α-hetero) is 1. The Labute approximate surface area is 71.2 Å². The fourth-order valence-corrected chi connectivity index (χ4v) is 0.950. The number of aromatic hydroxyl groups is 1. The van der Waals surface area contributed by atoms with Gasteiger partial charge in [0.15, 0.2) is 5.78 Å². The molecule has 0 heterocycles. The smallest absolute Gasteiger partial charge is 0.170 e. The normalized spacial score (nSPS) is 9.33. The number of hydrogen-bond acceptors (Lipinski definition) is 2. The number of phenols is 1. The molecule has 0 aliphatic carbocycles. The third-order valence-corrected chi connectivity index (χ3v) is 1.53. The van der Waals surface area contributed by atoms with Crippen molar-refractivity contribution in [1.29, 1.82) is 0 Å². The van der Waals surface area contributed by atoms with Crippen LogP contribution in [0.25, 0.3) is 0 Å². The molecule has 0 aliphatic rings. The summed E-state index contributed by atoms with van der Waals surface area (Å²) in [4.78, 5) is 11.2. The average Bonchev–Trinajstić information content (AvgIpc) is 2.05. The molecule has 2 heteroatoms. The summed E-state index contributed by atoms with van der Waals surface area (Å²) in [6.07, 6.45) is 1.78. The molecule has 2 nitrogen and oxygen atoms in total. The molecule has 1 aromatic rings. The molecule has 0 amide bonds. The topological polar surface area (TPSA) is 37.3 Å². The molecule has 62 valence electrons. The van der Waals surface area contributed by atoms with E-state index in [4.69, 9.17) is 0 Å². The molecule has 1 rings (SSSR count). The molecule has 0 unspecified atom stereocenters. The van der Waals surface area contributed by atoms with E-state index in [1.807, 2.05) is 0 Å².